The third-order valence-corrected chi connectivity index (χ3v) is 3.27. The van der Waals surface area contributed by atoms with Crippen LogP contribution in [0, 0.1) is 12.7 Å². The van der Waals surface area contributed by atoms with Crippen molar-refractivity contribution >= 4 is 0 Å². The number of aliphatic hydroxyl groups is 1. The number of ether oxygens (including phenoxy) is 1. The van der Waals surface area contributed by atoms with Crippen LogP contribution in [0.4, 0.5) is 4.39 Å². The largest absolute Gasteiger partial charge is 0.454 e. The van der Waals surface area contributed by atoms with Crippen LogP contribution in [0.3, 0.4) is 0 Å². The Morgan fingerprint density at radius 1 is 1.15 bits per heavy atom. The van der Waals surface area contributed by atoms with Crippen LogP contribution in [0.1, 0.15) is 36.5 Å². The minimum atomic E-state index is -0.470. The molecule has 0 unspecified atom stereocenters. The fraction of sp³-hybridized carbons (Fsp3) is 0.294. The Labute approximate surface area is 118 Å². The van der Waals surface area contributed by atoms with E-state index in [4.69, 9.17) is 9.84 Å². The number of aryl methyl sites for hydroxylation is 1. The Bertz CT molecular complexity index is 606. The lowest BCUT2D eigenvalue weighted by Crippen LogP contribution is -1.95. The summed E-state index contributed by atoms with van der Waals surface area (Å²) in [5, 5.41) is 8.95. The summed E-state index contributed by atoms with van der Waals surface area (Å²) < 4.78 is 19.4. The van der Waals surface area contributed by atoms with Crippen LogP contribution in [0.2, 0.25) is 0 Å². The van der Waals surface area contributed by atoms with Crippen molar-refractivity contribution in [2.24, 2.45) is 0 Å². The summed E-state index contributed by atoms with van der Waals surface area (Å²) in [6, 6.07) is 10.2. The van der Waals surface area contributed by atoms with E-state index in [0.717, 1.165) is 5.56 Å². The number of hydrogen-bond donors (Lipinski definition) is 1. The second kappa shape index (κ2) is 6.06. The number of hydrogen-bond acceptors (Lipinski definition) is 2. The lowest BCUT2D eigenvalue weighted by molar-refractivity contribution is 0.281. The smallest absolute Gasteiger partial charge is 0.166 e. The van der Waals surface area contributed by atoms with Crippen molar-refractivity contribution in [2.45, 2.75) is 33.3 Å². The molecule has 0 aliphatic heterocycles. The van der Waals surface area contributed by atoms with E-state index >= 15 is 0 Å². The molecule has 0 aliphatic carbocycles. The second-order valence-electron chi connectivity index (χ2n) is 5.20. The van der Waals surface area contributed by atoms with Gasteiger partial charge in [-0.15, -0.1) is 0 Å². The van der Waals surface area contributed by atoms with Gasteiger partial charge in [0.2, 0.25) is 0 Å². The molecule has 0 heterocycles. The van der Waals surface area contributed by atoms with E-state index < -0.39 is 5.82 Å². The molecule has 0 bridgehead atoms. The Hall–Kier alpha value is -1.87. The third-order valence-electron chi connectivity index (χ3n) is 3.27. The molecule has 3 heteroatoms. The van der Waals surface area contributed by atoms with Gasteiger partial charge in [-0.25, -0.2) is 4.39 Å². The van der Waals surface area contributed by atoms with E-state index in [0.29, 0.717) is 17.2 Å². The van der Waals surface area contributed by atoms with Crippen LogP contribution in [-0.2, 0) is 6.61 Å². The van der Waals surface area contributed by atoms with Gasteiger partial charge in [-0.1, -0.05) is 26.0 Å². The fourth-order valence-electron chi connectivity index (χ4n) is 2.21. The molecular formula is C17H19FO2. The highest BCUT2D eigenvalue weighted by atomic mass is 19.1. The minimum Gasteiger partial charge on any atom is -0.454 e. The predicted octanol–water partition coefficient (Wildman–Crippen LogP) is 4.54. The zero-order chi connectivity index (χ0) is 14.7. The highest BCUT2D eigenvalue weighted by molar-refractivity contribution is 5.40. The predicted molar refractivity (Wildman–Crippen MR) is 77.7 cm³/mol. The van der Waals surface area contributed by atoms with Gasteiger partial charge < -0.3 is 9.84 Å². The standard InChI is InChI=1S/C17H19FO2/c1-11(2)15-6-5-14(8-12(15)3)20-17-7-4-13(10-19)9-16(17)18/h4-9,11,19H,10H2,1-3H3. The maximum atomic E-state index is 13.8. The van der Waals surface area contributed by atoms with Gasteiger partial charge in [-0.3, -0.25) is 0 Å². The fourth-order valence-corrected chi connectivity index (χ4v) is 2.21. The summed E-state index contributed by atoms with van der Waals surface area (Å²) in [6.07, 6.45) is 0. The molecule has 1 N–H and O–H groups in total. The summed E-state index contributed by atoms with van der Waals surface area (Å²) in [6.45, 7) is 6.11. The van der Waals surface area contributed by atoms with Crippen LogP contribution in [0.5, 0.6) is 11.5 Å². The van der Waals surface area contributed by atoms with Crippen molar-refractivity contribution < 1.29 is 14.2 Å². The molecule has 2 aromatic rings. The molecule has 2 nitrogen and oxygen atoms in total. The number of rotatable bonds is 4. The first-order valence-corrected chi connectivity index (χ1v) is 6.69. The van der Waals surface area contributed by atoms with Gasteiger partial charge in [0.25, 0.3) is 0 Å². The molecule has 0 spiro atoms. The van der Waals surface area contributed by atoms with E-state index in [1.54, 1.807) is 6.07 Å². The van der Waals surface area contributed by atoms with E-state index in [1.807, 2.05) is 25.1 Å². The zero-order valence-corrected chi connectivity index (χ0v) is 12.0. The molecule has 2 rings (SSSR count). The lowest BCUT2D eigenvalue weighted by Gasteiger charge is -2.13. The highest BCUT2D eigenvalue weighted by Gasteiger charge is 2.08. The van der Waals surface area contributed by atoms with Gasteiger partial charge in [0.1, 0.15) is 5.75 Å². The van der Waals surface area contributed by atoms with E-state index in [2.05, 4.69) is 13.8 Å². The topological polar surface area (TPSA) is 29.5 Å². The van der Waals surface area contributed by atoms with Gasteiger partial charge >= 0.3 is 0 Å². The van der Waals surface area contributed by atoms with Gasteiger partial charge in [-0.2, -0.15) is 0 Å². The number of halogens is 1. The van der Waals surface area contributed by atoms with Crippen molar-refractivity contribution in [3.63, 3.8) is 0 Å². The number of aliphatic hydroxyl groups excluding tert-OH is 1. The Morgan fingerprint density at radius 2 is 1.90 bits per heavy atom. The van der Waals surface area contributed by atoms with Gasteiger partial charge in [0, 0.05) is 0 Å². The number of benzene rings is 2. The third kappa shape index (κ3) is 3.17. The first-order valence-electron chi connectivity index (χ1n) is 6.69. The Balaban J connectivity index is 2.24. The van der Waals surface area contributed by atoms with Crippen LogP contribution >= 0.6 is 0 Å². The average molecular weight is 274 g/mol. The van der Waals surface area contributed by atoms with Gasteiger partial charge in [0.05, 0.1) is 6.61 Å². The minimum absolute atomic E-state index is 0.166. The molecular weight excluding hydrogens is 255 g/mol. The quantitative estimate of drug-likeness (QED) is 0.886. The molecule has 0 atom stereocenters. The molecule has 0 saturated carbocycles. The van der Waals surface area contributed by atoms with E-state index in [9.17, 15) is 4.39 Å². The monoisotopic (exact) mass is 274 g/mol. The molecule has 2 aromatic carbocycles. The SMILES string of the molecule is Cc1cc(Oc2ccc(CO)cc2F)ccc1C(C)C. The second-order valence-corrected chi connectivity index (χ2v) is 5.20. The van der Waals surface area contributed by atoms with Gasteiger partial charge in [-0.05, 0) is 53.8 Å². The molecule has 0 amide bonds. The summed E-state index contributed by atoms with van der Waals surface area (Å²) in [5.74, 6) is 0.758. The molecule has 0 radical (unpaired) electrons. The molecule has 0 aliphatic rings. The van der Waals surface area contributed by atoms with Gasteiger partial charge in [0.15, 0.2) is 11.6 Å². The van der Waals surface area contributed by atoms with Crippen molar-refractivity contribution in [3.05, 3.63) is 58.9 Å². The molecule has 20 heavy (non-hydrogen) atoms. The first-order chi connectivity index (χ1) is 9.51. The average Bonchev–Trinajstić information content (AvgIpc) is 2.40. The highest BCUT2D eigenvalue weighted by Crippen LogP contribution is 2.28. The molecule has 0 saturated heterocycles. The summed E-state index contributed by atoms with van der Waals surface area (Å²) in [4.78, 5) is 0. The van der Waals surface area contributed by atoms with Crippen LogP contribution in [0.15, 0.2) is 36.4 Å². The zero-order valence-electron chi connectivity index (χ0n) is 12.0. The lowest BCUT2D eigenvalue weighted by atomic mass is 9.98. The Kier molecular flexibility index (Phi) is 4.40. The maximum absolute atomic E-state index is 13.8. The van der Waals surface area contributed by atoms with E-state index in [1.165, 1.54) is 17.7 Å². The van der Waals surface area contributed by atoms with Crippen molar-refractivity contribution in [3.8, 4) is 11.5 Å². The van der Waals surface area contributed by atoms with E-state index in [-0.39, 0.29) is 12.4 Å². The first kappa shape index (κ1) is 14.5. The summed E-state index contributed by atoms with van der Waals surface area (Å²) in [5.41, 5.74) is 2.92. The molecule has 106 valence electrons. The van der Waals surface area contributed by atoms with Crippen molar-refractivity contribution in [2.75, 3.05) is 0 Å². The summed E-state index contributed by atoms with van der Waals surface area (Å²) >= 11 is 0. The van der Waals surface area contributed by atoms with Crippen molar-refractivity contribution in [1.82, 2.24) is 0 Å². The van der Waals surface area contributed by atoms with Crippen LogP contribution in [0.25, 0.3) is 0 Å². The Morgan fingerprint density at radius 3 is 2.45 bits per heavy atom. The normalized spacial score (nSPS) is 10.9. The van der Waals surface area contributed by atoms with Crippen LogP contribution < -0.4 is 4.74 Å². The molecule has 0 aromatic heterocycles. The van der Waals surface area contributed by atoms with Crippen molar-refractivity contribution in [1.29, 1.82) is 0 Å². The maximum Gasteiger partial charge on any atom is 0.166 e. The summed E-state index contributed by atoms with van der Waals surface area (Å²) in [7, 11) is 0. The molecule has 0 fully saturated rings. The van der Waals surface area contributed by atoms with Crippen LogP contribution in [-0.4, -0.2) is 5.11 Å².